The Hall–Kier alpha value is -2.54. The summed E-state index contributed by atoms with van der Waals surface area (Å²) in [6.07, 6.45) is 0. The third kappa shape index (κ3) is 5.79. The molecule has 0 amide bonds. The summed E-state index contributed by atoms with van der Waals surface area (Å²) in [5.41, 5.74) is 0.868. The molecule has 6 nitrogen and oxygen atoms in total. The summed E-state index contributed by atoms with van der Waals surface area (Å²) in [5, 5.41) is 3.14. The SMILES string of the molecule is COC(=O)c1cc(NCCOc2ccc(Br)cc2)ccc1OC(C)=O. The molecular weight excluding hydrogens is 390 g/mol. The minimum Gasteiger partial charge on any atom is -0.492 e. The Morgan fingerprint density at radius 2 is 1.84 bits per heavy atom. The molecule has 2 rings (SSSR count). The van der Waals surface area contributed by atoms with Gasteiger partial charge in [0.15, 0.2) is 0 Å². The lowest BCUT2D eigenvalue weighted by Gasteiger charge is -2.12. The number of ether oxygens (including phenoxy) is 3. The summed E-state index contributed by atoms with van der Waals surface area (Å²) in [7, 11) is 1.27. The van der Waals surface area contributed by atoms with Crippen LogP contribution >= 0.6 is 15.9 Å². The molecule has 1 N–H and O–H groups in total. The predicted octanol–water partition coefficient (Wildman–Crippen LogP) is 3.65. The first kappa shape index (κ1) is 18.8. The van der Waals surface area contributed by atoms with E-state index in [4.69, 9.17) is 14.2 Å². The van der Waals surface area contributed by atoms with Crippen LogP contribution in [0.15, 0.2) is 46.9 Å². The van der Waals surface area contributed by atoms with Crippen LogP contribution in [0.1, 0.15) is 17.3 Å². The van der Waals surface area contributed by atoms with E-state index in [0.717, 1.165) is 10.2 Å². The summed E-state index contributed by atoms with van der Waals surface area (Å²) in [4.78, 5) is 23.0. The molecule has 0 aromatic heterocycles. The van der Waals surface area contributed by atoms with Crippen molar-refractivity contribution >= 4 is 33.6 Å². The van der Waals surface area contributed by atoms with Crippen LogP contribution in [0.3, 0.4) is 0 Å². The minimum absolute atomic E-state index is 0.163. The first-order valence-electron chi connectivity index (χ1n) is 7.52. The van der Waals surface area contributed by atoms with Gasteiger partial charge < -0.3 is 19.5 Å². The highest BCUT2D eigenvalue weighted by atomic mass is 79.9. The molecule has 132 valence electrons. The zero-order valence-corrected chi connectivity index (χ0v) is 15.5. The van der Waals surface area contributed by atoms with Crippen molar-refractivity contribution in [2.45, 2.75) is 6.92 Å². The molecule has 0 heterocycles. The Bertz CT molecular complexity index is 746. The first-order chi connectivity index (χ1) is 12.0. The fourth-order valence-electron chi connectivity index (χ4n) is 2.05. The molecule has 0 radical (unpaired) electrons. The Morgan fingerprint density at radius 3 is 2.48 bits per heavy atom. The lowest BCUT2D eigenvalue weighted by atomic mass is 10.1. The molecule has 0 spiro atoms. The van der Waals surface area contributed by atoms with E-state index in [1.165, 1.54) is 14.0 Å². The second-order valence-corrected chi connectivity index (χ2v) is 5.94. The van der Waals surface area contributed by atoms with Gasteiger partial charge in [-0.3, -0.25) is 4.79 Å². The minimum atomic E-state index is -0.578. The molecule has 0 fully saturated rings. The first-order valence-corrected chi connectivity index (χ1v) is 8.32. The molecule has 0 aliphatic heterocycles. The maximum atomic E-state index is 11.8. The molecule has 0 unspecified atom stereocenters. The number of methoxy groups -OCH3 is 1. The highest BCUT2D eigenvalue weighted by Gasteiger charge is 2.15. The fourth-order valence-corrected chi connectivity index (χ4v) is 2.31. The maximum absolute atomic E-state index is 11.8. The number of halogens is 1. The summed E-state index contributed by atoms with van der Waals surface area (Å²) >= 11 is 3.37. The largest absolute Gasteiger partial charge is 0.492 e. The van der Waals surface area contributed by atoms with Gasteiger partial charge in [-0.2, -0.15) is 0 Å². The molecule has 2 aromatic rings. The molecule has 2 aromatic carbocycles. The van der Waals surface area contributed by atoms with Gasteiger partial charge in [0.25, 0.3) is 0 Å². The Balaban J connectivity index is 1.96. The van der Waals surface area contributed by atoms with Crippen molar-refractivity contribution in [2.75, 3.05) is 25.6 Å². The number of benzene rings is 2. The molecule has 0 saturated heterocycles. The van der Waals surface area contributed by atoms with E-state index in [1.807, 2.05) is 24.3 Å². The van der Waals surface area contributed by atoms with Crippen LogP contribution in [-0.2, 0) is 9.53 Å². The van der Waals surface area contributed by atoms with Gasteiger partial charge in [-0.1, -0.05) is 15.9 Å². The predicted molar refractivity (Wildman–Crippen MR) is 97.2 cm³/mol. The van der Waals surface area contributed by atoms with Gasteiger partial charge >= 0.3 is 11.9 Å². The van der Waals surface area contributed by atoms with Crippen LogP contribution in [0.4, 0.5) is 5.69 Å². The van der Waals surface area contributed by atoms with Crippen molar-refractivity contribution < 1.29 is 23.8 Å². The average Bonchev–Trinajstić information content (AvgIpc) is 2.60. The monoisotopic (exact) mass is 407 g/mol. The van der Waals surface area contributed by atoms with E-state index in [0.29, 0.717) is 18.8 Å². The number of hydrogen-bond acceptors (Lipinski definition) is 6. The lowest BCUT2D eigenvalue weighted by molar-refractivity contribution is -0.131. The molecular formula is C18H18BrNO5. The highest BCUT2D eigenvalue weighted by molar-refractivity contribution is 9.10. The van der Waals surface area contributed by atoms with E-state index in [1.54, 1.807) is 18.2 Å². The van der Waals surface area contributed by atoms with Crippen molar-refractivity contribution in [2.24, 2.45) is 0 Å². The van der Waals surface area contributed by atoms with Gasteiger partial charge in [-0.05, 0) is 42.5 Å². The fraction of sp³-hybridized carbons (Fsp3) is 0.222. The molecule has 25 heavy (non-hydrogen) atoms. The van der Waals surface area contributed by atoms with Gasteiger partial charge in [0, 0.05) is 23.6 Å². The number of carbonyl (C=O) groups is 2. The van der Waals surface area contributed by atoms with E-state index in [9.17, 15) is 9.59 Å². The summed E-state index contributed by atoms with van der Waals surface area (Å²) in [6.45, 7) is 2.25. The number of nitrogens with one attached hydrogen (secondary N) is 1. The third-order valence-electron chi connectivity index (χ3n) is 3.15. The topological polar surface area (TPSA) is 73.9 Å². The average molecular weight is 408 g/mol. The molecule has 0 aliphatic carbocycles. The number of rotatable bonds is 7. The summed E-state index contributed by atoms with van der Waals surface area (Å²) in [6, 6.07) is 12.4. The molecule has 0 atom stereocenters. The molecule has 0 bridgehead atoms. The van der Waals surface area contributed by atoms with E-state index in [2.05, 4.69) is 21.2 Å². The Labute approximate surface area is 154 Å². The number of anilines is 1. The molecule has 0 saturated carbocycles. The quantitative estimate of drug-likeness (QED) is 0.428. The highest BCUT2D eigenvalue weighted by Crippen LogP contribution is 2.24. The third-order valence-corrected chi connectivity index (χ3v) is 3.68. The smallest absolute Gasteiger partial charge is 0.341 e. The lowest BCUT2D eigenvalue weighted by Crippen LogP contribution is -2.13. The second-order valence-electron chi connectivity index (χ2n) is 5.03. The van der Waals surface area contributed by atoms with Gasteiger partial charge in [0.2, 0.25) is 0 Å². The number of esters is 2. The second kappa shape index (κ2) is 9.08. The zero-order valence-electron chi connectivity index (χ0n) is 13.9. The van der Waals surface area contributed by atoms with Gasteiger partial charge in [0.1, 0.15) is 23.7 Å². The van der Waals surface area contributed by atoms with Crippen molar-refractivity contribution in [1.82, 2.24) is 0 Å². The van der Waals surface area contributed by atoms with E-state index >= 15 is 0 Å². The Morgan fingerprint density at radius 1 is 1.12 bits per heavy atom. The normalized spacial score (nSPS) is 10.0. The van der Waals surface area contributed by atoms with Crippen molar-refractivity contribution in [3.8, 4) is 11.5 Å². The summed E-state index contributed by atoms with van der Waals surface area (Å²) < 4.78 is 16.3. The number of carbonyl (C=O) groups excluding carboxylic acids is 2. The van der Waals surface area contributed by atoms with Crippen molar-refractivity contribution in [3.63, 3.8) is 0 Å². The van der Waals surface area contributed by atoms with Gasteiger partial charge in [-0.25, -0.2) is 4.79 Å². The van der Waals surface area contributed by atoms with Crippen LogP contribution in [-0.4, -0.2) is 32.2 Å². The Kier molecular flexibility index (Phi) is 6.82. The van der Waals surface area contributed by atoms with E-state index < -0.39 is 11.9 Å². The van der Waals surface area contributed by atoms with Crippen molar-refractivity contribution in [1.29, 1.82) is 0 Å². The van der Waals surface area contributed by atoms with E-state index in [-0.39, 0.29) is 11.3 Å². The van der Waals surface area contributed by atoms with Crippen LogP contribution in [0.5, 0.6) is 11.5 Å². The van der Waals surface area contributed by atoms with Gasteiger partial charge in [-0.15, -0.1) is 0 Å². The maximum Gasteiger partial charge on any atom is 0.341 e. The van der Waals surface area contributed by atoms with Crippen molar-refractivity contribution in [3.05, 3.63) is 52.5 Å². The van der Waals surface area contributed by atoms with Crippen LogP contribution in [0.25, 0.3) is 0 Å². The molecule has 7 heteroatoms. The molecule has 0 aliphatic rings. The number of hydrogen-bond donors (Lipinski definition) is 1. The van der Waals surface area contributed by atoms with Crippen LogP contribution < -0.4 is 14.8 Å². The van der Waals surface area contributed by atoms with Crippen LogP contribution in [0, 0.1) is 0 Å². The van der Waals surface area contributed by atoms with Gasteiger partial charge in [0.05, 0.1) is 7.11 Å². The standard InChI is InChI=1S/C18H18BrNO5/c1-12(21)25-17-8-5-14(11-16(17)18(22)23-2)20-9-10-24-15-6-3-13(19)4-7-15/h3-8,11,20H,9-10H2,1-2H3. The zero-order chi connectivity index (χ0) is 18.2. The summed E-state index contributed by atoms with van der Waals surface area (Å²) in [5.74, 6) is -0.152. The van der Waals surface area contributed by atoms with Crippen LogP contribution in [0.2, 0.25) is 0 Å².